The molecule has 1 heterocycles. The van der Waals surface area contributed by atoms with Gasteiger partial charge < -0.3 is 5.32 Å². The highest BCUT2D eigenvalue weighted by molar-refractivity contribution is 9.10. The Bertz CT molecular complexity index is 334. The Kier molecular flexibility index (Phi) is 4.14. The summed E-state index contributed by atoms with van der Waals surface area (Å²) in [7, 11) is 0. The van der Waals surface area contributed by atoms with E-state index in [1.165, 1.54) is 5.56 Å². The fourth-order valence-corrected chi connectivity index (χ4v) is 1.62. The summed E-state index contributed by atoms with van der Waals surface area (Å²) in [6, 6.07) is 2.08. The van der Waals surface area contributed by atoms with Gasteiger partial charge in [0.1, 0.15) is 5.82 Å². The molecule has 0 radical (unpaired) electrons. The zero-order chi connectivity index (χ0) is 11.5. The minimum absolute atomic E-state index is 0.321. The van der Waals surface area contributed by atoms with E-state index in [0.29, 0.717) is 5.41 Å². The molecule has 0 aromatic carbocycles. The molecule has 84 valence electrons. The Hall–Kier alpha value is -0.570. The highest BCUT2D eigenvalue weighted by Crippen LogP contribution is 2.22. The Morgan fingerprint density at radius 3 is 2.67 bits per heavy atom. The van der Waals surface area contributed by atoms with Crippen LogP contribution in [-0.4, -0.2) is 11.5 Å². The van der Waals surface area contributed by atoms with E-state index in [1.54, 1.807) is 0 Å². The molecule has 1 aromatic heterocycles. The molecule has 0 aliphatic rings. The molecule has 1 aromatic rings. The van der Waals surface area contributed by atoms with Crippen molar-refractivity contribution in [2.75, 3.05) is 11.9 Å². The van der Waals surface area contributed by atoms with E-state index >= 15 is 0 Å². The van der Waals surface area contributed by atoms with Gasteiger partial charge in [0, 0.05) is 17.2 Å². The standard InChI is InChI=1S/C12H19BrN2/c1-5-12(3,4)8-15-11-9(2)6-10(13)7-14-11/h6-7H,5,8H2,1-4H3,(H,14,15). The lowest BCUT2D eigenvalue weighted by Gasteiger charge is -2.23. The fourth-order valence-electron chi connectivity index (χ4n) is 1.17. The van der Waals surface area contributed by atoms with Crippen LogP contribution in [0.1, 0.15) is 32.8 Å². The van der Waals surface area contributed by atoms with Gasteiger partial charge in [0.2, 0.25) is 0 Å². The van der Waals surface area contributed by atoms with E-state index in [0.717, 1.165) is 23.3 Å². The van der Waals surface area contributed by atoms with Crippen molar-refractivity contribution in [2.45, 2.75) is 34.1 Å². The Balaban J connectivity index is 2.66. The van der Waals surface area contributed by atoms with Crippen LogP contribution in [0.15, 0.2) is 16.7 Å². The van der Waals surface area contributed by atoms with Gasteiger partial charge in [-0.3, -0.25) is 0 Å². The summed E-state index contributed by atoms with van der Waals surface area (Å²) < 4.78 is 1.03. The van der Waals surface area contributed by atoms with Gasteiger partial charge in [0.25, 0.3) is 0 Å². The summed E-state index contributed by atoms with van der Waals surface area (Å²) in [5.74, 6) is 0.986. The van der Waals surface area contributed by atoms with Gasteiger partial charge in [-0.2, -0.15) is 0 Å². The van der Waals surface area contributed by atoms with Crippen molar-refractivity contribution in [3.63, 3.8) is 0 Å². The average molecular weight is 271 g/mol. The van der Waals surface area contributed by atoms with Crippen LogP contribution < -0.4 is 5.32 Å². The Labute approximate surface area is 101 Å². The van der Waals surface area contributed by atoms with Gasteiger partial charge in [-0.15, -0.1) is 0 Å². The van der Waals surface area contributed by atoms with E-state index in [2.05, 4.69) is 60.0 Å². The smallest absolute Gasteiger partial charge is 0.128 e. The lowest BCUT2D eigenvalue weighted by Crippen LogP contribution is -2.22. The van der Waals surface area contributed by atoms with Crippen LogP contribution in [0.3, 0.4) is 0 Å². The molecule has 0 aliphatic carbocycles. The maximum atomic E-state index is 4.36. The van der Waals surface area contributed by atoms with E-state index in [9.17, 15) is 0 Å². The number of pyridine rings is 1. The monoisotopic (exact) mass is 270 g/mol. The second-order valence-electron chi connectivity index (χ2n) is 4.69. The van der Waals surface area contributed by atoms with Gasteiger partial charge in [-0.25, -0.2) is 4.98 Å². The highest BCUT2D eigenvalue weighted by Gasteiger charge is 2.15. The predicted octanol–water partition coefficient (Wildman–Crippen LogP) is 4.00. The number of hydrogen-bond donors (Lipinski definition) is 1. The second kappa shape index (κ2) is 4.97. The summed E-state index contributed by atoms with van der Waals surface area (Å²) in [4.78, 5) is 4.36. The van der Waals surface area contributed by atoms with Crippen molar-refractivity contribution < 1.29 is 0 Å². The molecule has 3 heteroatoms. The molecule has 0 saturated heterocycles. The van der Waals surface area contributed by atoms with E-state index in [4.69, 9.17) is 0 Å². The van der Waals surface area contributed by atoms with Crippen molar-refractivity contribution >= 4 is 21.7 Å². The van der Waals surface area contributed by atoms with Gasteiger partial charge in [-0.1, -0.05) is 20.8 Å². The fraction of sp³-hybridized carbons (Fsp3) is 0.583. The molecular formula is C12H19BrN2. The molecule has 0 saturated carbocycles. The maximum Gasteiger partial charge on any atom is 0.128 e. The van der Waals surface area contributed by atoms with Crippen LogP contribution in [0.25, 0.3) is 0 Å². The van der Waals surface area contributed by atoms with Gasteiger partial charge in [-0.05, 0) is 46.3 Å². The number of nitrogens with zero attached hydrogens (tertiary/aromatic N) is 1. The van der Waals surface area contributed by atoms with E-state index in [-0.39, 0.29) is 0 Å². The molecule has 1 rings (SSSR count). The first-order valence-corrected chi connectivity index (χ1v) is 6.10. The number of nitrogens with one attached hydrogen (secondary N) is 1. The quantitative estimate of drug-likeness (QED) is 0.895. The molecule has 0 atom stereocenters. The number of halogens is 1. The topological polar surface area (TPSA) is 24.9 Å². The van der Waals surface area contributed by atoms with E-state index < -0.39 is 0 Å². The predicted molar refractivity (Wildman–Crippen MR) is 69.2 cm³/mol. The van der Waals surface area contributed by atoms with Crippen molar-refractivity contribution in [2.24, 2.45) is 5.41 Å². The second-order valence-corrected chi connectivity index (χ2v) is 5.61. The van der Waals surface area contributed by atoms with Crippen molar-refractivity contribution in [3.05, 3.63) is 22.3 Å². The van der Waals surface area contributed by atoms with Crippen LogP contribution in [-0.2, 0) is 0 Å². The van der Waals surface area contributed by atoms with E-state index in [1.807, 2.05) is 6.20 Å². The largest absolute Gasteiger partial charge is 0.369 e. The molecule has 0 fully saturated rings. The molecule has 2 nitrogen and oxygen atoms in total. The minimum atomic E-state index is 0.321. The summed E-state index contributed by atoms with van der Waals surface area (Å²) in [5.41, 5.74) is 1.50. The number of hydrogen-bond acceptors (Lipinski definition) is 2. The summed E-state index contributed by atoms with van der Waals surface area (Å²) >= 11 is 3.41. The number of anilines is 1. The van der Waals surface area contributed by atoms with Crippen molar-refractivity contribution in [1.29, 1.82) is 0 Å². The SMILES string of the molecule is CCC(C)(C)CNc1ncc(Br)cc1C. The molecule has 0 unspecified atom stereocenters. The molecule has 1 N–H and O–H groups in total. The van der Waals surface area contributed by atoms with Crippen molar-refractivity contribution in [1.82, 2.24) is 4.98 Å². The summed E-state index contributed by atoms with van der Waals surface area (Å²) in [5, 5.41) is 3.40. The third-order valence-electron chi connectivity index (χ3n) is 2.74. The normalized spacial score (nSPS) is 11.5. The molecular weight excluding hydrogens is 252 g/mol. The molecule has 0 spiro atoms. The van der Waals surface area contributed by atoms with Crippen LogP contribution in [0.4, 0.5) is 5.82 Å². The van der Waals surface area contributed by atoms with Crippen LogP contribution in [0.2, 0.25) is 0 Å². The molecule has 0 amide bonds. The molecule has 0 bridgehead atoms. The first-order chi connectivity index (χ1) is 6.94. The first kappa shape index (κ1) is 12.5. The first-order valence-electron chi connectivity index (χ1n) is 5.30. The lowest BCUT2D eigenvalue weighted by atomic mass is 9.90. The highest BCUT2D eigenvalue weighted by atomic mass is 79.9. The number of aryl methyl sites for hydroxylation is 1. The number of aromatic nitrogens is 1. The molecule has 15 heavy (non-hydrogen) atoms. The average Bonchev–Trinajstić information content (AvgIpc) is 2.16. The minimum Gasteiger partial charge on any atom is -0.369 e. The van der Waals surface area contributed by atoms with Gasteiger partial charge >= 0.3 is 0 Å². The lowest BCUT2D eigenvalue weighted by molar-refractivity contribution is 0.376. The third kappa shape index (κ3) is 3.82. The summed E-state index contributed by atoms with van der Waals surface area (Å²) in [6.07, 6.45) is 2.99. The maximum absolute atomic E-state index is 4.36. The number of rotatable bonds is 4. The van der Waals surface area contributed by atoms with Crippen LogP contribution >= 0.6 is 15.9 Å². The van der Waals surface area contributed by atoms with Crippen LogP contribution in [0.5, 0.6) is 0 Å². The summed E-state index contributed by atoms with van der Waals surface area (Å²) in [6.45, 7) is 9.75. The van der Waals surface area contributed by atoms with Gasteiger partial charge in [0.15, 0.2) is 0 Å². The van der Waals surface area contributed by atoms with Gasteiger partial charge in [0.05, 0.1) is 0 Å². The molecule has 0 aliphatic heterocycles. The van der Waals surface area contributed by atoms with Crippen LogP contribution in [0, 0.1) is 12.3 Å². The van der Waals surface area contributed by atoms with Crippen molar-refractivity contribution in [3.8, 4) is 0 Å². The third-order valence-corrected chi connectivity index (χ3v) is 3.17. The zero-order valence-electron chi connectivity index (χ0n) is 9.89. The Morgan fingerprint density at radius 1 is 1.47 bits per heavy atom. The zero-order valence-corrected chi connectivity index (χ0v) is 11.5. The Morgan fingerprint density at radius 2 is 2.13 bits per heavy atom.